The maximum atomic E-state index is 12.7. The Balaban J connectivity index is 1.63. The van der Waals surface area contributed by atoms with E-state index in [1.165, 1.54) is 0 Å². The van der Waals surface area contributed by atoms with Crippen LogP contribution in [0.3, 0.4) is 0 Å². The lowest BCUT2D eigenvalue weighted by Gasteiger charge is -2.25. The Kier molecular flexibility index (Phi) is 2.91. The van der Waals surface area contributed by atoms with Crippen molar-refractivity contribution in [1.29, 1.82) is 0 Å². The number of carbonyl (C=O) groups is 1. The number of hydrogen-bond acceptors (Lipinski definition) is 4. The number of para-hydroxylation sites is 1. The van der Waals surface area contributed by atoms with Crippen LogP contribution in [-0.4, -0.2) is 22.4 Å². The molecule has 1 saturated carbocycles. The maximum Gasteiger partial charge on any atom is 0.269 e. The molecule has 0 saturated heterocycles. The maximum absolute atomic E-state index is 12.7. The van der Waals surface area contributed by atoms with E-state index in [0.29, 0.717) is 17.9 Å². The second-order valence-corrected chi connectivity index (χ2v) is 6.05. The molecule has 2 unspecified atom stereocenters. The van der Waals surface area contributed by atoms with E-state index in [-0.39, 0.29) is 11.8 Å². The predicted molar refractivity (Wildman–Crippen MR) is 86.0 cm³/mol. The zero-order valence-corrected chi connectivity index (χ0v) is 12.6. The number of aryl methyl sites for hydroxylation is 1. The summed E-state index contributed by atoms with van der Waals surface area (Å²) in [4.78, 5) is 12.7. The summed E-state index contributed by atoms with van der Waals surface area (Å²) in [5, 5.41) is 15.7. The highest BCUT2D eigenvalue weighted by atomic mass is 16.5. The zero-order chi connectivity index (χ0) is 16.0. The van der Waals surface area contributed by atoms with Crippen molar-refractivity contribution < 1.29 is 14.7 Å². The van der Waals surface area contributed by atoms with E-state index in [2.05, 4.69) is 10.5 Å². The second kappa shape index (κ2) is 4.84. The van der Waals surface area contributed by atoms with E-state index in [1.807, 2.05) is 49.4 Å². The number of anilines is 1. The summed E-state index contributed by atoms with van der Waals surface area (Å²) in [5.74, 6) is 0.156. The SMILES string of the molecule is Cc1ccc(NC(=O)C23CC2/C(=N\O)c2ccccc2O3)cc1. The fourth-order valence-electron chi connectivity index (χ4n) is 3.12. The van der Waals surface area contributed by atoms with Crippen LogP contribution in [0.5, 0.6) is 5.75 Å². The summed E-state index contributed by atoms with van der Waals surface area (Å²) >= 11 is 0. The topological polar surface area (TPSA) is 70.9 Å². The molecule has 1 heterocycles. The minimum absolute atomic E-state index is 0.206. The molecule has 23 heavy (non-hydrogen) atoms. The Morgan fingerprint density at radius 1 is 1.26 bits per heavy atom. The molecule has 1 amide bonds. The Bertz CT molecular complexity index is 813. The molecule has 5 heteroatoms. The molecule has 2 N–H and O–H groups in total. The van der Waals surface area contributed by atoms with Gasteiger partial charge in [-0.15, -0.1) is 0 Å². The van der Waals surface area contributed by atoms with Crippen LogP contribution in [0.4, 0.5) is 5.69 Å². The smallest absolute Gasteiger partial charge is 0.269 e. The number of fused-ring (bicyclic) bond motifs is 2. The first-order valence-electron chi connectivity index (χ1n) is 7.52. The molecular formula is C18H16N2O3. The van der Waals surface area contributed by atoms with Gasteiger partial charge >= 0.3 is 0 Å². The summed E-state index contributed by atoms with van der Waals surface area (Å²) in [6.07, 6.45) is 0.513. The number of nitrogens with zero attached hydrogens (tertiary/aromatic N) is 1. The lowest BCUT2D eigenvalue weighted by molar-refractivity contribution is -0.125. The highest BCUT2D eigenvalue weighted by Crippen LogP contribution is 2.54. The number of rotatable bonds is 2. The summed E-state index contributed by atoms with van der Waals surface area (Å²) < 4.78 is 5.98. The van der Waals surface area contributed by atoms with Gasteiger partial charge in [0.1, 0.15) is 5.75 Å². The minimum atomic E-state index is -0.971. The van der Waals surface area contributed by atoms with Gasteiger partial charge in [0.2, 0.25) is 0 Å². The van der Waals surface area contributed by atoms with E-state index < -0.39 is 5.60 Å². The van der Waals surface area contributed by atoms with Crippen LogP contribution in [0.25, 0.3) is 0 Å². The molecule has 0 spiro atoms. The van der Waals surface area contributed by atoms with Gasteiger partial charge in [-0.25, -0.2) is 0 Å². The zero-order valence-electron chi connectivity index (χ0n) is 12.6. The van der Waals surface area contributed by atoms with Crippen molar-refractivity contribution in [2.24, 2.45) is 11.1 Å². The van der Waals surface area contributed by atoms with Gasteiger partial charge in [-0.05, 0) is 31.2 Å². The van der Waals surface area contributed by atoms with E-state index >= 15 is 0 Å². The summed E-state index contributed by atoms with van der Waals surface area (Å²) in [6, 6.07) is 14.9. The number of amides is 1. The number of ether oxygens (including phenoxy) is 1. The fraction of sp³-hybridized carbons (Fsp3) is 0.222. The van der Waals surface area contributed by atoms with Crippen LogP contribution in [0.2, 0.25) is 0 Å². The molecule has 0 bridgehead atoms. The summed E-state index contributed by atoms with van der Waals surface area (Å²) in [5.41, 5.74) is 2.15. The lowest BCUT2D eigenvalue weighted by Crippen LogP contribution is -2.41. The quantitative estimate of drug-likeness (QED) is 0.662. The number of oxime groups is 1. The number of carbonyl (C=O) groups excluding carboxylic acids is 1. The first-order chi connectivity index (χ1) is 11.1. The third kappa shape index (κ3) is 2.08. The predicted octanol–water partition coefficient (Wildman–Crippen LogP) is 2.96. The average Bonchev–Trinajstić information content (AvgIpc) is 3.30. The highest BCUT2D eigenvalue weighted by Gasteiger charge is 2.68. The van der Waals surface area contributed by atoms with Crippen LogP contribution in [0.15, 0.2) is 53.7 Å². The fourth-order valence-corrected chi connectivity index (χ4v) is 3.12. The average molecular weight is 308 g/mol. The third-order valence-corrected chi connectivity index (χ3v) is 4.50. The summed E-state index contributed by atoms with van der Waals surface area (Å²) in [6.45, 7) is 1.99. The molecule has 4 rings (SSSR count). The molecule has 2 atom stereocenters. The van der Waals surface area contributed by atoms with Crippen molar-refractivity contribution in [3.8, 4) is 5.75 Å². The van der Waals surface area contributed by atoms with Gasteiger partial charge in [0.05, 0.1) is 11.6 Å². The van der Waals surface area contributed by atoms with Crippen LogP contribution in [0.1, 0.15) is 17.5 Å². The molecule has 116 valence electrons. The van der Waals surface area contributed by atoms with Gasteiger partial charge in [0, 0.05) is 17.7 Å². The van der Waals surface area contributed by atoms with Gasteiger partial charge in [0.25, 0.3) is 5.91 Å². The monoisotopic (exact) mass is 308 g/mol. The van der Waals surface area contributed by atoms with E-state index in [1.54, 1.807) is 6.07 Å². The van der Waals surface area contributed by atoms with Gasteiger partial charge in [-0.3, -0.25) is 4.79 Å². The molecule has 0 radical (unpaired) electrons. The first-order valence-corrected chi connectivity index (χ1v) is 7.52. The Labute approximate surface area is 133 Å². The largest absolute Gasteiger partial charge is 0.476 e. The van der Waals surface area contributed by atoms with Gasteiger partial charge in [-0.1, -0.05) is 35.0 Å². The standard InChI is InChI=1S/C18H16N2O3/c1-11-6-8-12(9-7-11)19-17(21)18-10-14(18)16(20-22)13-4-2-3-5-15(13)23-18/h2-9,14,22H,10H2,1H3,(H,19,21)/b20-16-. The Morgan fingerprint density at radius 3 is 2.74 bits per heavy atom. The van der Waals surface area contributed by atoms with Crippen LogP contribution in [0, 0.1) is 12.8 Å². The molecule has 1 fully saturated rings. The van der Waals surface area contributed by atoms with Crippen LogP contribution >= 0.6 is 0 Å². The molecule has 2 aromatic rings. The molecule has 5 nitrogen and oxygen atoms in total. The third-order valence-electron chi connectivity index (χ3n) is 4.50. The molecule has 1 aliphatic heterocycles. The minimum Gasteiger partial charge on any atom is -0.476 e. The molecule has 2 aromatic carbocycles. The Hall–Kier alpha value is -2.82. The molecule has 1 aliphatic carbocycles. The van der Waals surface area contributed by atoms with Crippen molar-refractivity contribution in [2.45, 2.75) is 18.9 Å². The Morgan fingerprint density at radius 2 is 2.00 bits per heavy atom. The van der Waals surface area contributed by atoms with Crippen LogP contribution < -0.4 is 10.1 Å². The molecular weight excluding hydrogens is 292 g/mol. The summed E-state index contributed by atoms with van der Waals surface area (Å²) in [7, 11) is 0. The van der Waals surface area contributed by atoms with Gasteiger partial charge < -0.3 is 15.3 Å². The van der Waals surface area contributed by atoms with Gasteiger partial charge in [0.15, 0.2) is 5.60 Å². The molecule has 0 aromatic heterocycles. The molecule has 2 aliphatic rings. The van der Waals surface area contributed by atoms with E-state index in [4.69, 9.17) is 4.74 Å². The number of nitrogens with one attached hydrogen (secondary N) is 1. The van der Waals surface area contributed by atoms with Crippen molar-refractivity contribution >= 4 is 17.3 Å². The van der Waals surface area contributed by atoms with Crippen molar-refractivity contribution in [1.82, 2.24) is 0 Å². The van der Waals surface area contributed by atoms with E-state index in [9.17, 15) is 10.0 Å². The second-order valence-electron chi connectivity index (χ2n) is 6.05. The first kappa shape index (κ1) is 13.8. The van der Waals surface area contributed by atoms with Crippen molar-refractivity contribution in [3.05, 3.63) is 59.7 Å². The van der Waals surface area contributed by atoms with Crippen molar-refractivity contribution in [2.75, 3.05) is 5.32 Å². The van der Waals surface area contributed by atoms with Crippen LogP contribution in [-0.2, 0) is 4.79 Å². The van der Waals surface area contributed by atoms with Crippen molar-refractivity contribution in [3.63, 3.8) is 0 Å². The number of benzene rings is 2. The van der Waals surface area contributed by atoms with E-state index in [0.717, 1.165) is 16.8 Å². The highest BCUT2D eigenvalue weighted by molar-refractivity contribution is 6.15. The number of hydrogen-bond donors (Lipinski definition) is 2. The van der Waals surface area contributed by atoms with Gasteiger partial charge in [-0.2, -0.15) is 0 Å². The normalized spacial score (nSPS) is 26.0. The lowest BCUT2D eigenvalue weighted by atomic mass is 9.99.